The Morgan fingerprint density at radius 1 is 1.25 bits per heavy atom. The van der Waals surface area contributed by atoms with Crippen molar-refractivity contribution in [2.45, 2.75) is 32.9 Å². The molecule has 2 atom stereocenters. The molecule has 0 fully saturated rings. The van der Waals surface area contributed by atoms with Crippen molar-refractivity contribution in [1.82, 2.24) is 5.32 Å². The van der Waals surface area contributed by atoms with Crippen LogP contribution in [-0.2, 0) is 9.53 Å². The van der Waals surface area contributed by atoms with Crippen LogP contribution in [0, 0.1) is 11.7 Å². The summed E-state index contributed by atoms with van der Waals surface area (Å²) in [6.45, 7) is 5.60. The second-order valence-corrected chi connectivity index (χ2v) is 4.99. The number of esters is 1. The summed E-state index contributed by atoms with van der Waals surface area (Å²) in [6, 6.07) is 3.78. The summed E-state index contributed by atoms with van der Waals surface area (Å²) >= 11 is 0. The number of hydrogen-bond donors (Lipinski definition) is 1. The third-order valence-electron chi connectivity index (χ3n) is 3.22. The smallest absolute Gasteiger partial charge is 0.323 e. The SMILES string of the molecule is COC(=O)[C@@H](NC(C)c1c(F)cccc1OC)C(C)C. The van der Waals surface area contributed by atoms with Gasteiger partial charge in [-0.05, 0) is 25.0 Å². The number of hydrogen-bond acceptors (Lipinski definition) is 4. The molecule has 1 unspecified atom stereocenters. The molecular formula is C15H22FNO3. The van der Waals surface area contributed by atoms with Crippen LogP contribution in [0.2, 0.25) is 0 Å². The minimum Gasteiger partial charge on any atom is -0.496 e. The van der Waals surface area contributed by atoms with E-state index < -0.39 is 6.04 Å². The maximum Gasteiger partial charge on any atom is 0.323 e. The minimum absolute atomic E-state index is 0.0302. The first-order chi connectivity index (χ1) is 9.42. The van der Waals surface area contributed by atoms with Gasteiger partial charge in [0.05, 0.1) is 14.2 Å². The molecule has 0 aliphatic heterocycles. The predicted octanol–water partition coefficient (Wildman–Crippen LogP) is 2.68. The number of halogens is 1. The summed E-state index contributed by atoms with van der Waals surface area (Å²) in [4.78, 5) is 11.7. The summed E-state index contributed by atoms with van der Waals surface area (Å²) in [5.74, 6) is -0.237. The zero-order valence-corrected chi connectivity index (χ0v) is 12.6. The number of methoxy groups -OCH3 is 2. The molecule has 0 amide bonds. The lowest BCUT2D eigenvalue weighted by molar-refractivity contribution is -0.144. The third-order valence-corrected chi connectivity index (χ3v) is 3.22. The Morgan fingerprint density at radius 3 is 2.40 bits per heavy atom. The molecule has 1 aromatic rings. The zero-order valence-electron chi connectivity index (χ0n) is 12.6. The van der Waals surface area contributed by atoms with Gasteiger partial charge in [-0.25, -0.2) is 4.39 Å². The van der Waals surface area contributed by atoms with Crippen molar-refractivity contribution in [3.8, 4) is 5.75 Å². The molecule has 0 saturated heterocycles. The topological polar surface area (TPSA) is 47.6 Å². The van der Waals surface area contributed by atoms with Gasteiger partial charge < -0.3 is 9.47 Å². The van der Waals surface area contributed by atoms with Crippen molar-refractivity contribution in [2.24, 2.45) is 5.92 Å². The molecule has 1 N–H and O–H groups in total. The molecule has 0 radical (unpaired) electrons. The van der Waals surface area contributed by atoms with Crippen molar-refractivity contribution in [1.29, 1.82) is 0 Å². The third kappa shape index (κ3) is 3.70. The molecule has 0 aromatic heterocycles. The molecule has 1 rings (SSSR count). The summed E-state index contributed by atoms with van der Waals surface area (Å²) in [5, 5.41) is 3.10. The van der Waals surface area contributed by atoms with Crippen molar-refractivity contribution < 1.29 is 18.7 Å². The molecule has 0 aliphatic carbocycles. The molecule has 20 heavy (non-hydrogen) atoms. The zero-order chi connectivity index (χ0) is 15.3. The highest BCUT2D eigenvalue weighted by Gasteiger charge is 2.27. The Kier molecular flexibility index (Phi) is 5.95. The lowest BCUT2D eigenvalue weighted by atomic mass is 10.0. The molecule has 1 aromatic carbocycles. The second kappa shape index (κ2) is 7.24. The number of carbonyl (C=O) groups is 1. The van der Waals surface area contributed by atoms with Gasteiger partial charge in [0.1, 0.15) is 17.6 Å². The fourth-order valence-corrected chi connectivity index (χ4v) is 2.13. The molecule has 5 heteroatoms. The lowest BCUT2D eigenvalue weighted by Crippen LogP contribution is -2.43. The van der Waals surface area contributed by atoms with Crippen molar-refractivity contribution >= 4 is 5.97 Å². The van der Waals surface area contributed by atoms with Crippen LogP contribution in [0.5, 0.6) is 5.75 Å². The molecular weight excluding hydrogens is 261 g/mol. The molecule has 4 nitrogen and oxygen atoms in total. The predicted molar refractivity (Wildman–Crippen MR) is 75.1 cm³/mol. The highest BCUT2D eigenvalue weighted by molar-refractivity contribution is 5.76. The van der Waals surface area contributed by atoms with Crippen molar-refractivity contribution in [3.63, 3.8) is 0 Å². The van der Waals surface area contributed by atoms with Gasteiger partial charge in [-0.1, -0.05) is 19.9 Å². The van der Waals surface area contributed by atoms with Crippen LogP contribution < -0.4 is 10.1 Å². The first-order valence-corrected chi connectivity index (χ1v) is 6.58. The first kappa shape index (κ1) is 16.4. The van der Waals surface area contributed by atoms with E-state index in [-0.39, 0.29) is 23.7 Å². The minimum atomic E-state index is -0.501. The normalized spacial score (nSPS) is 13.9. The van der Waals surface area contributed by atoms with E-state index in [1.165, 1.54) is 20.3 Å². The summed E-state index contributed by atoms with van der Waals surface area (Å²) in [6.07, 6.45) is 0. The number of ether oxygens (including phenoxy) is 2. The fourth-order valence-electron chi connectivity index (χ4n) is 2.13. The number of benzene rings is 1. The van der Waals surface area contributed by atoms with Crippen LogP contribution in [0.15, 0.2) is 18.2 Å². The second-order valence-electron chi connectivity index (χ2n) is 4.99. The largest absolute Gasteiger partial charge is 0.496 e. The van der Waals surface area contributed by atoms with E-state index in [2.05, 4.69) is 5.32 Å². The van der Waals surface area contributed by atoms with Gasteiger partial charge in [-0.15, -0.1) is 0 Å². The summed E-state index contributed by atoms with van der Waals surface area (Å²) in [5.41, 5.74) is 0.407. The average molecular weight is 283 g/mol. The van der Waals surface area contributed by atoms with Gasteiger partial charge in [-0.2, -0.15) is 0 Å². The lowest BCUT2D eigenvalue weighted by Gasteiger charge is -2.25. The summed E-state index contributed by atoms with van der Waals surface area (Å²) in [7, 11) is 2.83. The van der Waals surface area contributed by atoms with Gasteiger partial charge in [-0.3, -0.25) is 10.1 Å². The molecule has 0 aliphatic rings. The van der Waals surface area contributed by atoms with Crippen LogP contribution in [-0.4, -0.2) is 26.2 Å². The highest BCUT2D eigenvalue weighted by Crippen LogP contribution is 2.28. The molecule has 112 valence electrons. The van der Waals surface area contributed by atoms with E-state index in [4.69, 9.17) is 9.47 Å². The standard InChI is InChI=1S/C15H22FNO3/c1-9(2)14(15(18)20-5)17-10(3)13-11(16)7-6-8-12(13)19-4/h6-10,14,17H,1-5H3/t10?,14-/m0/s1. The number of carbonyl (C=O) groups excluding carboxylic acids is 1. The monoisotopic (exact) mass is 283 g/mol. The van der Waals surface area contributed by atoms with Crippen LogP contribution in [0.1, 0.15) is 32.4 Å². The quantitative estimate of drug-likeness (QED) is 0.815. The van der Waals surface area contributed by atoms with E-state index in [9.17, 15) is 9.18 Å². The van der Waals surface area contributed by atoms with E-state index in [0.717, 1.165) is 0 Å². The van der Waals surface area contributed by atoms with Gasteiger partial charge in [0.15, 0.2) is 0 Å². The van der Waals surface area contributed by atoms with Gasteiger partial charge in [0.25, 0.3) is 0 Å². The maximum atomic E-state index is 14.0. The van der Waals surface area contributed by atoms with Crippen molar-refractivity contribution in [2.75, 3.05) is 14.2 Å². The van der Waals surface area contributed by atoms with Crippen molar-refractivity contribution in [3.05, 3.63) is 29.6 Å². The van der Waals surface area contributed by atoms with E-state index in [1.807, 2.05) is 13.8 Å². The van der Waals surface area contributed by atoms with Crippen LogP contribution >= 0.6 is 0 Å². The highest BCUT2D eigenvalue weighted by atomic mass is 19.1. The fraction of sp³-hybridized carbons (Fsp3) is 0.533. The molecule has 0 bridgehead atoms. The summed E-state index contributed by atoms with van der Waals surface area (Å²) < 4.78 is 23.9. The average Bonchev–Trinajstić information content (AvgIpc) is 2.42. The van der Waals surface area contributed by atoms with E-state index >= 15 is 0 Å². The Morgan fingerprint density at radius 2 is 1.90 bits per heavy atom. The van der Waals surface area contributed by atoms with Crippen LogP contribution in [0.3, 0.4) is 0 Å². The number of rotatable bonds is 6. The van der Waals surface area contributed by atoms with Gasteiger partial charge in [0.2, 0.25) is 0 Å². The molecule has 0 heterocycles. The maximum absolute atomic E-state index is 14.0. The molecule has 0 spiro atoms. The molecule has 0 saturated carbocycles. The van der Waals surface area contributed by atoms with Crippen LogP contribution in [0.25, 0.3) is 0 Å². The van der Waals surface area contributed by atoms with Crippen LogP contribution in [0.4, 0.5) is 4.39 Å². The Bertz CT molecular complexity index is 462. The Labute approximate surface area is 119 Å². The van der Waals surface area contributed by atoms with Gasteiger partial charge >= 0.3 is 5.97 Å². The Hall–Kier alpha value is -1.62. The van der Waals surface area contributed by atoms with E-state index in [1.54, 1.807) is 19.1 Å². The Balaban J connectivity index is 3.00. The first-order valence-electron chi connectivity index (χ1n) is 6.58. The van der Waals surface area contributed by atoms with E-state index in [0.29, 0.717) is 11.3 Å². The number of nitrogens with one attached hydrogen (secondary N) is 1. The van der Waals surface area contributed by atoms with Gasteiger partial charge in [0, 0.05) is 11.6 Å².